The first-order valence-corrected chi connectivity index (χ1v) is 7.50. The number of imidazole rings is 1. The molecule has 102 valence electrons. The summed E-state index contributed by atoms with van der Waals surface area (Å²) in [6.07, 6.45) is 13.3. The van der Waals surface area contributed by atoms with Gasteiger partial charge >= 0.3 is 0 Å². The lowest BCUT2D eigenvalue weighted by atomic mass is 9.96. The van der Waals surface area contributed by atoms with E-state index in [1.807, 2.05) is 6.20 Å². The number of aryl methyl sites for hydroxylation is 1. The minimum Gasteiger partial charge on any atom is -0.335 e. The summed E-state index contributed by atoms with van der Waals surface area (Å²) < 4.78 is 2.30. The molecule has 2 rings (SSSR count). The van der Waals surface area contributed by atoms with Gasteiger partial charge in [-0.25, -0.2) is 4.98 Å². The fourth-order valence-corrected chi connectivity index (χ4v) is 3.15. The van der Waals surface area contributed by atoms with Gasteiger partial charge in [-0.2, -0.15) is 0 Å². The first-order valence-electron chi connectivity index (χ1n) is 7.50. The largest absolute Gasteiger partial charge is 0.335 e. The van der Waals surface area contributed by atoms with E-state index < -0.39 is 0 Å². The van der Waals surface area contributed by atoms with Crippen LogP contribution < -0.4 is 5.32 Å². The van der Waals surface area contributed by atoms with Gasteiger partial charge in [-0.05, 0) is 25.8 Å². The van der Waals surface area contributed by atoms with Crippen molar-refractivity contribution < 1.29 is 0 Å². The van der Waals surface area contributed by atoms with Crippen LogP contribution in [0.4, 0.5) is 0 Å². The maximum atomic E-state index is 4.52. The zero-order valence-electron chi connectivity index (χ0n) is 11.9. The highest BCUT2D eigenvalue weighted by Crippen LogP contribution is 2.29. The summed E-state index contributed by atoms with van der Waals surface area (Å²) in [6.45, 7) is 3.31. The van der Waals surface area contributed by atoms with Crippen LogP contribution in [0.25, 0.3) is 0 Å². The van der Waals surface area contributed by atoms with Gasteiger partial charge in [0.2, 0.25) is 0 Å². The second-order valence-electron chi connectivity index (χ2n) is 5.61. The van der Waals surface area contributed by atoms with E-state index in [1.54, 1.807) is 0 Å². The predicted molar refractivity (Wildman–Crippen MR) is 75.6 cm³/mol. The molecule has 1 saturated carbocycles. The van der Waals surface area contributed by atoms with Crippen LogP contribution in [0.2, 0.25) is 0 Å². The van der Waals surface area contributed by atoms with Crippen molar-refractivity contribution in [2.75, 3.05) is 7.05 Å². The van der Waals surface area contributed by atoms with Gasteiger partial charge in [0.1, 0.15) is 5.82 Å². The minimum absolute atomic E-state index is 0.589. The van der Waals surface area contributed by atoms with Crippen molar-refractivity contribution in [1.29, 1.82) is 0 Å². The molecule has 0 aliphatic heterocycles. The van der Waals surface area contributed by atoms with Gasteiger partial charge in [0.15, 0.2) is 0 Å². The van der Waals surface area contributed by atoms with E-state index in [0.717, 1.165) is 18.9 Å². The Morgan fingerprint density at radius 3 is 2.89 bits per heavy atom. The first-order chi connectivity index (χ1) is 8.83. The smallest absolute Gasteiger partial charge is 0.110 e. The third kappa shape index (κ3) is 3.58. The molecule has 0 amide bonds. The molecule has 1 heterocycles. The average molecular weight is 249 g/mol. The zero-order valence-corrected chi connectivity index (χ0v) is 11.9. The van der Waals surface area contributed by atoms with Crippen LogP contribution in [0.5, 0.6) is 0 Å². The van der Waals surface area contributed by atoms with Crippen molar-refractivity contribution in [3.05, 3.63) is 18.2 Å². The lowest BCUT2D eigenvalue weighted by Crippen LogP contribution is -2.30. The highest BCUT2D eigenvalue weighted by atomic mass is 15.1. The molecule has 0 radical (unpaired) electrons. The predicted octanol–water partition coefficient (Wildman–Crippen LogP) is 3.00. The van der Waals surface area contributed by atoms with Gasteiger partial charge in [-0.1, -0.05) is 32.6 Å². The summed E-state index contributed by atoms with van der Waals surface area (Å²) in [5.41, 5.74) is 0. The molecule has 18 heavy (non-hydrogen) atoms. The number of hydrogen-bond donors (Lipinski definition) is 1. The molecule has 1 N–H and O–H groups in total. The second kappa shape index (κ2) is 6.93. The lowest BCUT2D eigenvalue weighted by Gasteiger charge is -2.20. The molecule has 1 fully saturated rings. The number of nitrogens with zero attached hydrogens (tertiary/aromatic N) is 2. The summed E-state index contributed by atoms with van der Waals surface area (Å²) in [7, 11) is 2.09. The van der Waals surface area contributed by atoms with Crippen molar-refractivity contribution in [3.8, 4) is 0 Å². The van der Waals surface area contributed by atoms with Gasteiger partial charge in [-0.15, -0.1) is 0 Å². The number of aromatic nitrogens is 2. The lowest BCUT2D eigenvalue weighted by molar-refractivity contribution is 0.394. The van der Waals surface area contributed by atoms with Crippen LogP contribution >= 0.6 is 0 Å². The molecule has 1 aromatic rings. The summed E-state index contributed by atoms with van der Waals surface area (Å²) in [5, 5.41) is 3.48. The van der Waals surface area contributed by atoms with E-state index in [0.29, 0.717) is 6.04 Å². The maximum Gasteiger partial charge on any atom is 0.110 e. The summed E-state index contributed by atoms with van der Waals surface area (Å²) in [6, 6.07) is 0.589. The fraction of sp³-hybridized carbons (Fsp3) is 0.800. The van der Waals surface area contributed by atoms with E-state index in [4.69, 9.17) is 0 Å². The first kappa shape index (κ1) is 13.6. The Hall–Kier alpha value is -0.830. The molecular weight excluding hydrogens is 222 g/mol. The normalized spacial score (nSPS) is 18.3. The van der Waals surface area contributed by atoms with Crippen molar-refractivity contribution in [3.63, 3.8) is 0 Å². The third-order valence-electron chi connectivity index (χ3n) is 4.20. The maximum absolute atomic E-state index is 4.52. The molecule has 1 aliphatic rings. The van der Waals surface area contributed by atoms with Gasteiger partial charge < -0.3 is 9.88 Å². The number of rotatable bonds is 7. The minimum atomic E-state index is 0.589. The number of hydrogen-bond acceptors (Lipinski definition) is 2. The van der Waals surface area contributed by atoms with Gasteiger partial charge in [-0.3, -0.25) is 0 Å². The van der Waals surface area contributed by atoms with E-state index >= 15 is 0 Å². The Balaban J connectivity index is 1.89. The SMILES string of the molecule is CCCn1ccnc1CC(CC1CCCC1)NC. The van der Waals surface area contributed by atoms with Crippen LogP contribution in [0, 0.1) is 5.92 Å². The molecule has 3 heteroatoms. The van der Waals surface area contributed by atoms with E-state index in [2.05, 4.69) is 35.0 Å². The van der Waals surface area contributed by atoms with Crippen molar-refractivity contribution in [2.45, 2.75) is 64.5 Å². The molecule has 1 atom stereocenters. The molecule has 0 aromatic carbocycles. The van der Waals surface area contributed by atoms with Gasteiger partial charge in [0.25, 0.3) is 0 Å². The summed E-state index contributed by atoms with van der Waals surface area (Å²) in [5.74, 6) is 2.19. The Morgan fingerprint density at radius 1 is 1.44 bits per heavy atom. The summed E-state index contributed by atoms with van der Waals surface area (Å²) >= 11 is 0. The van der Waals surface area contributed by atoms with Crippen LogP contribution in [0.3, 0.4) is 0 Å². The Labute approximate surface area is 111 Å². The Morgan fingerprint density at radius 2 is 2.22 bits per heavy atom. The molecule has 1 unspecified atom stereocenters. The Kier molecular flexibility index (Phi) is 5.24. The molecule has 3 nitrogen and oxygen atoms in total. The van der Waals surface area contributed by atoms with Crippen molar-refractivity contribution >= 4 is 0 Å². The number of nitrogens with one attached hydrogen (secondary N) is 1. The van der Waals surface area contributed by atoms with Crippen LogP contribution in [0.1, 0.15) is 51.3 Å². The van der Waals surface area contributed by atoms with Crippen LogP contribution in [-0.2, 0) is 13.0 Å². The fourth-order valence-electron chi connectivity index (χ4n) is 3.15. The van der Waals surface area contributed by atoms with Crippen LogP contribution in [0.15, 0.2) is 12.4 Å². The molecular formula is C15H27N3. The number of likely N-dealkylation sites (N-methyl/N-ethyl adjacent to an activating group) is 1. The van der Waals surface area contributed by atoms with Gasteiger partial charge in [0, 0.05) is 31.4 Å². The molecule has 1 aromatic heterocycles. The standard InChI is InChI=1S/C15H27N3/c1-3-9-18-10-8-17-15(18)12-14(16-2)11-13-6-4-5-7-13/h8,10,13-14,16H,3-7,9,11-12H2,1-2H3. The van der Waals surface area contributed by atoms with Crippen molar-refractivity contribution in [2.24, 2.45) is 5.92 Å². The quantitative estimate of drug-likeness (QED) is 0.805. The molecule has 0 saturated heterocycles. The van der Waals surface area contributed by atoms with E-state index in [9.17, 15) is 0 Å². The topological polar surface area (TPSA) is 29.9 Å². The third-order valence-corrected chi connectivity index (χ3v) is 4.20. The van der Waals surface area contributed by atoms with Gasteiger partial charge in [0.05, 0.1) is 0 Å². The zero-order chi connectivity index (χ0) is 12.8. The molecule has 0 bridgehead atoms. The highest BCUT2D eigenvalue weighted by Gasteiger charge is 2.20. The summed E-state index contributed by atoms with van der Waals surface area (Å²) in [4.78, 5) is 4.52. The highest BCUT2D eigenvalue weighted by molar-refractivity contribution is 4.96. The second-order valence-corrected chi connectivity index (χ2v) is 5.61. The van der Waals surface area contributed by atoms with E-state index in [-0.39, 0.29) is 0 Å². The van der Waals surface area contributed by atoms with Crippen molar-refractivity contribution in [1.82, 2.24) is 14.9 Å². The average Bonchev–Trinajstić information content (AvgIpc) is 3.01. The van der Waals surface area contributed by atoms with Crippen LogP contribution in [-0.4, -0.2) is 22.6 Å². The van der Waals surface area contributed by atoms with E-state index in [1.165, 1.54) is 44.3 Å². The molecule has 1 aliphatic carbocycles. The Bertz CT molecular complexity index is 339. The molecule has 0 spiro atoms. The monoisotopic (exact) mass is 249 g/mol.